The van der Waals surface area contributed by atoms with Crippen molar-refractivity contribution in [1.29, 1.82) is 5.26 Å². The average molecular weight is 360 g/mol. The number of fused-ring (bicyclic) bond motifs is 2. The number of nitrogens with one attached hydrogen (secondary N) is 2. The molecular formula is C19H12N4O2S. The molecule has 0 atom stereocenters. The maximum Gasteiger partial charge on any atom is 0.328 e. The molecule has 0 unspecified atom stereocenters. The Morgan fingerprint density at radius 3 is 3.04 bits per heavy atom. The summed E-state index contributed by atoms with van der Waals surface area (Å²) < 4.78 is 0. The first-order valence-corrected chi connectivity index (χ1v) is 8.53. The van der Waals surface area contributed by atoms with Crippen molar-refractivity contribution in [3.63, 3.8) is 0 Å². The van der Waals surface area contributed by atoms with E-state index < -0.39 is 5.97 Å². The van der Waals surface area contributed by atoms with Gasteiger partial charge in [0.2, 0.25) is 0 Å². The minimum Gasteiger partial charge on any atom is -0.478 e. The topological polar surface area (TPSA) is 102 Å². The first-order chi connectivity index (χ1) is 12.6. The van der Waals surface area contributed by atoms with Gasteiger partial charge in [-0.3, -0.25) is 0 Å². The Bertz CT molecular complexity index is 1210. The van der Waals surface area contributed by atoms with Crippen LogP contribution in [0.2, 0.25) is 0 Å². The molecule has 4 rings (SSSR count). The maximum atomic E-state index is 10.7. The molecule has 126 valence electrons. The summed E-state index contributed by atoms with van der Waals surface area (Å²) in [6, 6.07) is 11.9. The highest BCUT2D eigenvalue weighted by molar-refractivity contribution is 7.19. The van der Waals surface area contributed by atoms with Crippen molar-refractivity contribution in [2.45, 2.75) is 0 Å². The molecule has 4 aromatic rings. The molecule has 0 aliphatic carbocycles. The van der Waals surface area contributed by atoms with E-state index in [1.807, 2.05) is 36.5 Å². The van der Waals surface area contributed by atoms with Crippen LogP contribution in [-0.2, 0) is 4.79 Å². The number of carboxylic acid groups (broad SMARTS) is 1. The molecule has 3 aromatic heterocycles. The van der Waals surface area contributed by atoms with Gasteiger partial charge < -0.3 is 15.4 Å². The van der Waals surface area contributed by atoms with Crippen molar-refractivity contribution in [3.05, 3.63) is 59.2 Å². The van der Waals surface area contributed by atoms with E-state index in [2.05, 4.69) is 21.4 Å². The molecule has 0 saturated carbocycles. The van der Waals surface area contributed by atoms with E-state index in [4.69, 9.17) is 5.11 Å². The van der Waals surface area contributed by atoms with Crippen molar-refractivity contribution < 1.29 is 9.90 Å². The Morgan fingerprint density at radius 2 is 2.23 bits per heavy atom. The highest BCUT2D eigenvalue weighted by Gasteiger charge is 2.12. The monoisotopic (exact) mass is 360 g/mol. The van der Waals surface area contributed by atoms with Crippen LogP contribution in [0.3, 0.4) is 0 Å². The van der Waals surface area contributed by atoms with E-state index in [0.717, 1.165) is 37.8 Å². The number of H-pyrrole nitrogens is 1. The summed E-state index contributed by atoms with van der Waals surface area (Å²) in [4.78, 5) is 19.7. The van der Waals surface area contributed by atoms with Crippen LogP contribution in [0.5, 0.6) is 0 Å². The van der Waals surface area contributed by atoms with Crippen molar-refractivity contribution in [2.24, 2.45) is 0 Å². The summed E-state index contributed by atoms with van der Waals surface area (Å²) in [7, 11) is 0. The molecular weight excluding hydrogens is 348 g/mol. The summed E-state index contributed by atoms with van der Waals surface area (Å²) in [5.74, 6) is -1.01. The number of carboxylic acids is 1. The molecule has 1 aromatic carbocycles. The zero-order valence-corrected chi connectivity index (χ0v) is 14.2. The second-order valence-electron chi connectivity index (χ2n) is 5.60. The number of rotatable bonds is 4. The fraction of sp³-hybridized carbons (Fsp3) is 0. The van der Waals surface area contributed by atoms with E-state index in [1.54, 1.807) is 0 Å². The maximum absolute atomic E-state index is 10.7. The van der Waals surface area contributed by atoms with E-state index in [9.17, 15) is 10.1 Å². The van der Waals surface area contributed by atoms with Gasteiger partial charge in [0.1, 0.15) is 10.9 Å². The Labute approximate surface area is 152 Å². The minimum absolute atomic E-state index is 0.429. The third-order valence-electron chi connectivity index (χ3n) is 3.91. The number of thiophene rings is 1. The van der Waals surface area contributed by atoms with Gasteiger partial charge in [-0.05, 0) is 36.4 Å². The molecule has 26 heavy (non-hydrogen) atoms. The molecule has 3 heterocycles. The van der Waals surface area contributed by atoms with E-state index >= 15 is 0 Å². The lowest BCUT2D eigenvalue weighted by molar-refractivity contribution is -0.131. The van der Waals surface area contributed by atoms with E-state index in [1.165, 1.54) is 23.6 Å². The number of benzene rings is 1. The molecule has 0 bridgehead atoms. The molecule has 0 radical (unpaired) electrons. The van der Waals surface area contributed by atoms with Gasteiger partial charge in [0.05, 0.1) is 11.3 Å². The first kappa shape index (κ1) is 15.9. The number of carbonyl (C=O) groups is 1. The molecule has 0 aliphatic heterocycles. The number of aromatic nitrogens is 2. The standard InChI is InChI=1S/C19H12N4O2S/c20-9-12-10-22-19-15(8-14(26-19)2-4-17(24)25)18(12)23-13-1-3-16-11(7-13)5-6-21-16/h1-8,10,21H,(H,22,23)(H,24,25). The summed E-state index contributed by atoms with van der Waals surface area (Å²) >= 11 is 1.37. The smallest absolute Gasteiger partial charge is 0.328 e. The van der Waals surface area contributed by atoms with Crippen LogP contribution in [0.25, 0.3) is 27.2 Å². The number of aromatic amines is 1. The largest absolute Gasteiger partial charge is 0.478 e. The molecule has 3 N–H and O–H groups in total. The number of nitrogens with zero attached hydrogens (tertiary/aromatic N) is 2. The lowest BCUT2D eigenvalue weighted by Gasteiger charge is -2.09. The van der Waals surface area contributed by atoms with Crippen LogP contribution in [0, 0.1) is 11.3 Å². The summed E-state index contributed by atoms with van der Waals surface area (Å²) in [5.41, 5.74) is 2.99. The van der Waals surface area contributed by atoms with Crippen molar-refractivity contribution >= 4 is 55.9 Å². The quantitative estimate of drug-likeness (QED) is 0.465. The van der Waals surface area contributed by atoms with Crippen LogP contribution in [0.4, 0.5) is 11.4 Å². The number of hydrogen-bond donors (Lipinski definition) is 3. The number of pyridine rings is 1. The zero-order valence-electron chi connectivity index (χ0n) is 13.4. The molecule has 0 aliphatic rings. The fourth-order valence-electron chi connectivity index (χ4n) is 2.74. The van der Waals surface area contributed by atoms with Crippen molar-refractivity contribution in [1.82, 2.24) is 9.97 Å². The molecule has 0 fully saturated rings. The van der Waals surface area contributed by atoms with E-state index in [-0.39, 0.29) is 0 Å². The van der Waals surface area contributed by atoms with Crippen molar-refractivity contribution in [3.8, 4) is 6.07 Å². The predicted molar refractivity (Wildman–Crippen MR) is 103 cm³/mol. The Balaban J connectivity index is 1.81. The summed E-state index contributed by atoms with van der Waals surface area (Å²) in [6.07, 6.45) is 6.01. The van der Waals surface area contributed by atoms with E-state index in [0.29, 0.717) is 11.3 Å². The number of anilines is 2. The van der Waals surface area contributed by atoms with Gasteiger partial charge in [-0.25, -0.2) is 9.78 Å². The lowest BCUT2D eigenvalue weighted by Crippen LogP contribution is -1.95. The van der Waals surface area contributed by atoms with Crippen LogP contribution < -0.4 is 5.32 Å². The number of nitriles is 1. The zero-order chi connectivity index (χ0) is 18.1. The molecule has 0 spiro atoms. The molecule has 7 heteroatoms. The third kappa shape index (κ3) is 2.90. The van der Waals surface area contributed by atoms with Crippen molar-refractivity contribution in [2.75, 3.05) is 5.32 Å². The fourth-order valence-corrected chi connectivity index (χ4v) is 3.65. The molecule has 0 saturated heterocycles. The van der Waals surface area contributed by atoms with Crippen LogP contribution >= 0.6 is 11.3 Å². The highest BCUT2D eigenvalue weighted by Crippen LogP contribution is 2.35. The number of hydrogen-bond acceptors (Lipinski definition) is 5. The van der Waals surface area contributed by atoms with Gasteiger partial charge in [0, 0.05) is 45.3 Å². The van der Waals surface area contributed by atoms with Gasteiger partial charge in [-0.1, -0.05) is 0 Å². The second-order valence-corrected chi connectivity index (χ2v) is 6.66. The second kappa shape index (κ2) is 6.35. The first-order valence-electron chi connectivity index (χ1n) is 7.72. The van der Waals surface area contributed by atoms with Gasteiger partial charge in [-0.2, -0.15) is 5.26 Å². The Hall–Kier alpha value is -3.63. The summed E-state index contributed by atoms with van der Waals surface area (Å²) in [5, 5.41) is 23.4. The van der Waals surface area contributed by atoms with Gasteiger partial charge in [0.15, 0.2) is 0 Å². The Morgan fingerprint density at radius 1 is 1.35 bits per heavy atom. The lowest BCUT2D eigenvalue weighted by atomic mass is 10.1. The average Bonchev–Trinajstić information content (AvgIpc) is 3.26. The molecule has 6 nitrogen and oxygen atoms in total. The minimum atomic E-state index is -1.01. The summed E-state index contributed by atoms with van der Waals surface area (Å²) in [6.45, 7) is 0. The Kier molecular flexibility index (Phi) is 3.88. The van der Waals surface area contributed by atoms with Gasteiger partial charge in [0.25, 0.3) is 0 Å². The highest BCUT2D eigenvalue weighted by atomic mass is 32.1. The number of aliphatic carboxylic acids is 1. The van der Waals surface area contributed by atoms with Crippen LogP contribution in [-0.4, -0.2) is 21.0 Å². The van der Waals surface area contributed by atoms with Crippen LogP contribution in [0.15, 0.2) is 48.8 Å². The van der Waals surface area contributed by atoms with Crippen LogP contribution in [0.1, 0.15) is 10.4 Å². The van der Waals surface area contributed by atoms with Gasteiger partial charge in [-0.15, -0.1) is 11.3 Å². The third-order valence-corrected chi connectivity index (χ3v) is 4.92. The van der Waals surface area contributed by atoms with Gasteiger partial charge >= 0.3 is 5.97 Å². The normalized spacial score (nSPS) is 11.2. The predicted octanol–water partition coefficient (Wildman–Crippen LogP) is 4.49. The SMILES string of the molecule is N#Cc1cnc2sc(C=CC(=O)O)cc2c1Nc1ccc2[nH]ccc2c1. The molecule has 0 amide bonds.